The fourth-order valence-electron chi connectivity index (χ4n) is 3.38. The van der Waals surface area contributed by atoms with Crippen molar-refractivity contribution in [1.82, 2.24) is 4.90 Å². The zero-order chi connectivity index (χ0) is 15.0. The van der Waals surface area contributed by atoms with Crippen LogP contribution >= 0.6 is 0 Å². The minimum atomic E-state index is -0.933. The van der Waals surface area contributed by atoms with Crippen molar-refractivity contribution in [1.29, 1.82) is 0 Å². The van der Waals surface area contributed by atoms with Crippen molar-refractivity contribution in [2.24, 2.45) is 11.7 Å². The number of carboxylic acid groups (broad SMARTS) is 1. The Morgan fingerprint density at radius 2 is 1.86 bits per heavy atom. The first-order chi connectivity index (χ1) is 10.1. The second kappa shape index (κ2) is 5.48. The van der Waals surface area contributed by atoms with Crippen LogP contribution in [0.4, 0.5) is 0 Å². The van der Waals surface area contributed by atoms with Gasteiger partial charge in [-0.25, -0.2) is 4.79 Å². The Kier molecular flexibility index (Phi) is 3.68. The van der Waals surface area contributed by atoms with E-state index in [1.807, 2.05) is 11.0 Å². The molecule has 2 aliphatic rings. The third-order valence-electron chi connectivity index (χ3n) is 4.62. The van der Waals surface area contributed by atoms with Gasteiger partial charge in [-0.1, -0.05) is 18.9 Å². The molecule has 0 spiro atoms. The third kappa shape index (κ3) is 2.65. The summed E-state index contributed by atoms with van der Waals surface area (Å²) in [6.07, 6.45) is 3.95. The molecule has 1 aliphatic heterocycles. The summed E-state index contributed by atoms with van der Waals surface area (Å²) < 4.78 is 0. The monoisotopic (exact) mass is 288 g/mol. The van der Waals surface area contributed by atoms with Crippen LogP contribution in [-0.2, 0) is 17.9 Å². The van der Waals surface area contributed by atoms with Gasteiger partial charge in [0.15, 0.2) is 0 Å². The molecule has 0 saturated heterocycles. The Hall–Kier alpha value is -1.88. The first-order valence-electron chi connectivity index (χ1n) is 7.45. The van der Waals surface area contributed by atoms with Crippen molar-refractivity contribution in [2.75, 3.05) is 0 Å². The van der Waals surface area contributed by atoms with Crippen LogP contribution in [0.1, 0.15) is 47.2 Å². The van der Waals surface area contributed by atoms with Crippen molar-refractivity contribution < 1.29 is 14.7 Å². The molecule has 1 aromatic rings. The molecule has 1 aromatic carbocycles. The summed E-state index contributed by atoms with van der Waals surface area (Å²) in [5.74, 6) is -0.890. The van der Waals surface area contributed by atoms with Crippen LogP contribution in [0.2, 0.25) is 0 Å². The number of amides is 1. The lowest BCUT2D eigenvalue weighted by molar-refractivity contribution is -0.137. The molecular formula is C16H20N2O3. The smallest absolute Gasteiger partial charge is 0.335 e. The minimum absolute atomic E-state index is 0.0375. The Morgan fingerprint density at radius 3 is 2.57 bits per heavy atom. The summed E-state index contributed by atoms with van der Waals surface area (Å²) in [6.45, 7) is 1.07. The number of rotatable bonds is 2. The summed E-state index contributed by atoms with van der Waals surface area (Å²) in [4.78, 5) is 25.4. The molecule has 5 nitrogen and oxygen atoms in total. The number of carboxylic acids is 1. The molecule has 2 unspecified atom stereocenters. The van der Waals surface area contributed by atoms with Gasteiger partial charge in [-0.2, -0.15) is 0 Å². The van der Waals surface area contributed by atoms with Crippen LogP contribution in [0.15, 0.2) is 18.2 Å². The number of benzene rings is 1. The third-order valence-corrected chi connectivity index (χ3v) is 4.62. The molecule has 0 aromatic heterocycles. The molecule has 0 radical (unpaired) electrons. The molecular weight excluding hydrogens is 268 g/mol. The number of hydrogen-bond acceptors (Lipinski definition) is 3. The Labute approximate surface area is 123 Å². The minimum Gasteiger partial charge on any atom is -0.478 e. The van der Waals surface area contributed by atoms with Gasteiger partial charge in [-0.15, -0.1) is 0 Å². The fourth-order valence-corrected chi connectivity index (χ4v) is 3.38. The van der Waals surface area contributed by atoms with E-state index < -0.39 is 5.97 Å². The Balaban J connectivity index is 1.74. The van der Waals surface area contributed by atoms with E-state index in [9.17, 15) is 9.59 Å². The average Bonchev–Trinajstić information content (AvgIpc) is 2.89. The topological polar surface area (TPSA) is 83.6 Å². The lowest BCUT2D eigenvalue weighted by Gasteiger charge is -2.30. The van der Waals surface area contributed by atoms with E-state index in [0.29, 0.717) is 13.1 Å². The van der Waals surface area contributed by atoms with Gasteiger partial charge in [0.2, 0.25) is 5.91 Å². The average molecular weight is 288 g/mol. The van der Waals surface area contributed by atoms with Crippen molar-refractivity contribution in [3.63, 3.8) is 0 Å². The first kappa shape index (κ1) is 14.1. The van der Waals surface area contributed by atoms with E-state index in [4.69, 9.17) is 10.8 Å². The van der Waals surface area contributed by atoms with Crippen LogP contribution in [-0.4, -0.2) is 27.9 Å². The van der Waals surface area contributed by atoms with Gasteiger partial charge in [0.1, 0.15) is 0 Å². The second-order valence-corrected chi connectivity index (χ2v) is 6.04. The highest BCUT2D eigenvalue weighted by Crippen LogP contribution is 2.30. The largest absolute Gasteiger partial charge is 0.478 e. The molecule has 2 atom stereocenters. The van der Waals surface area contributed by atoms with Crippen molar-refractivity contribution in [2.45, 2.75) is 44.8 Å². The lowest BCUT2D eigenvalue weighted by Crippen LogP contribution is -2.44. The summed E-state index contributed by atoms with van der Waals surface area (Å²) in [5, 5.41) is 9.03. The molecule has 1 aliphatic carbocycles. The maximum absolute atomic E-state index is 12.6. The normalized spacial score (nSPS) is 24.7. The Morgan fingerprint density at radius 1 is 1.14 bits per heavy atom. The molecule has 1 saturated carbocycles. The highest BCUT2D eigenvalue weighted by molar-refractivity contribution is 5.88. The maximum atomic E-state index is 12.6. The zero-order valence-electron chi connectivity index (χ0n) is 11.9. The van der Waals surface area contributed by atoms with Gasteiger partial charge in [-0.05, 0) is 36.1 Å². The Bertz CT molecular complexity index is 585. The van der Waals surface area contributed by atoms with Crippen LogP contribution in [0.3, 0.4) is 0 Å². The number of fused-ring (bicyclic) bond motifs is 1. The second-order valence-electron chi connectivity index (χ2n) is 6.04. The van der Waals surface area contributed by atoms with E-state index in [-0.39, 0.29) is 23.4 Å². The summed E-state index contributed by atoms with van der Waals surface area (Å²) in [5.41, 5.74) is 8.34. The standard InChI is InChI=1S/C16H20N2O3/c17-14-4-2-1-3-13(14)15(19)18-8-11-6-5-10(16(20)21)7-12(11)9-18/h5-7,13-14H,1-4,8-9,17H2,(H,20,21). The predicted octanol–water partition coefficient (Wildman–Crippen LogP) is 1.74. The van der Waals surface area contributed by atoms with Crippen LogP contribution in [0, 0.1) is 5.92 Å². The van der Waals surface area contributed by atoms with E-state index >= 15 is 0 Å². The van der Waals surface area contributed by atoms with Gasteiger partial charge in [0, 0.05) is 19.1 Å². The number of aromatic carboxylic acids is 1. The quantitative estimate of drug-likeness (QED) is 0.868. The van der Waals surface area contributed by atoms with Gasteiger partial charge in [0.25, 0.3) is 0 Å². The molecule has 1 heterocycles. The number of carbonyl (C=O) groups excluding carboxylic acids is 1. The molecule has 1 amide bonds. The summed E-state index contributed by atoms with van der Waals surface area (Å²) in [6, 6.07) is 5.05. The van der Waals surface area contributed by atoms with Crippen LogP contribution in [0.25, 0.3) is 0 Å². The van der Waals surface area contributed by atoms with Crippen molar-refractivity contribution in [3.05, 3.63) is 34.9 Å². The first-order valence-corrected chi connectivity index (χ1v) is 7.45. The number of carbonyl (C=O) groups is 2. The molecule has 0 bridgehead atoms. The van der Waals surface area contributed by atoms with Gasteiger partial charge < -0.3 is 15.7 Å². The SMILES string of the molecule is NC1CCCCC1C(=O)N1Cc2ccc(C(=O)O)cc2C1. The molecule has 5 heteroatoms. The molecule has 1 fully saturated rings. The van der Waals surface area contributed by atoms with Gasteiger partial charge in [0.05, 0.1) is 11.5 Å². The maximum Gasteiger partial charge on any atom is 0.335 e. The highest BCUT2D eigenvalue weighted by Gasteiger charge is 2.34. The molecule has 3 N–H and O–H groups in total. The molecule has 3 rings (SSSR count). The highest BCUT2D eigenvalue weighted by atomic mass is 16.4. The van der Waals surface area contributed by atoms with Crippen molar-refractivity contribution in [3.8, 4) is 0 Å². The van der Waals surface area contributed by atoms with E-state index in [1.165, 1.54) is 0 Å². The molecule has 21 heavy (non-hydrogen) atoms. The molecule has 112 valence electrons. The van der Waals surface area contributed by atoms with E-state index in [1.54, 1.807) is 12.1 Å². The number of nitrogens with two attached hydrogens (primary N) is 1. The zero-order valence-corrected chi connectivity index (χ0v) is 11.9. The van der Waals surface area contributed by atoms with Gasteiger partial charge >= 0.3 is 5.97 Å². The van der Waals surface area contributed by atoms with Crippen LogP contribution < -0.4 is 5.73 Å². The van der Waals surface area contributed by atoms with E-state index in [2.05, 4.69) is 0 Å². The van der Waals surface area contributed by atoms with Gasteiger partial charge in [-0.3, -0.25) is 4.79 Å². The van der Waals surface area contributed by atoms with Crippen LogP contribution in [0.5, 0.6) is 0 Å². The predicted molar refractivity (Wildman–Crippen MR) is 77.6 cm³/mol. The lowest BCUT2D eigenvalue weighted by atomic mass is 9.84. The number of hydrogen-bond donors (Lipinski definition) is 2. The van der Waals surface area contributed by atoms with E-state index in [0.717, 1.165) is 36.8 Å². The van der Waals surface area contributed by atoms with Crippen molar-refractivity contribution >= 4 is 11.9 Å². The summed E-state index contributed by atoms with van der Waals surface area (Å²) >= 11 is 0. The fraction of sp³-hybridized carbons (Fsp3) is 0.500. The summed E-state index contributed by atoms with van der Waals surface area (Å²) in [7, 11) is 0. The number of nitrogens with zero attached hydrogens (tertiary/aromatic N) is 1.